The summed E-state index contributed by atoms with van der Waals surface area (Å²) in [6, 6.07) is 17.2. The summed E-state index contributed by atoms with van der Waals surface area (Å²) in [4.78, 5) is 0. The van der Waals surface area contributed by atoms with Crippen LogP contribution in [0.4, 0.5) is 0 Å². The van der Waals surface area contributed by atoms with E-state index >= 15 is 0 Å². The molecule has 0 saturated carbocycles. The van der Waals surface area contributed by atoms with Gasteiger partial charge in [-0.15, -0.1) is 0 Å². The van der Waals surface area contributed by atoms with Gasteiger partial charge in [-0.05, 0) is 43.4 Å². The fourth-order valence-electron chi connectivity index (χ4n) is 2.11. The van der Waals surface area contributed by atoms with Crippen molar-refractivity contribution in [3.05, 3.63) is 70.8 Å². The molecule has 0 bridgehead atoms. The molecule has 0 N–H and O–H groups in total. The van der Waals surface area contributed by atoms with E-state index in [1.54, 1.807) is 0 Å². The van der Waals surface area contributed by atoms with Crippen molar-refractivity contribution in [1.82, 2.24) is 0 Å². The summed E-state index contributed by atoms with van der Waals surface area (Å²) in [5, 5.41) is 0. The van der Waals surface area contributed by atoms with Crippen molar-refractivity contribution in [2.75, 3.05) is 0 Å². The third-order valence-electron chi connectivity index (χ3n) is 3.27. The zero-order chi connectivity index (χ0) is 14.1. The van der Waals surface area contributed by atoms with Gasteiger partial charge in [0.2, 0.25) is 0 Å². The molecule has 0 unspecified atom stereocenters. The van der Waals surface area contributed by atoms with Gasteiger partial charge < -0.3 is 0 Å². The number of rotatable bonds is 3. The minimum atomic E-state index is 1.15. The van der Waals surface area contributed by atoms with Crippen molar-refractivity contribution in [1.29, 1.82) is 0 Å². The Morgan fingerprint density at radius 1 is 0.842 bits per heavy atom. The lowest BCUT2D eigenvalue weighted by molar-refractivity contribution is 0.922. The van der Waals surface area contributed by atoms with Crippen LogP contribution in [0, 0.1) is 13.8 Å². The zero-order valence-corrected chi connectivity index (χ0v) is 12.7. The molecule has 0 heteroatoms. The highest BCUT2D eigenvalue weighted by atomic mass is 14.0. The molecule has 0 aliphatic carbocycles. The molecule has 0 aliphatic heterocycles. The lowest BCUT2D eigenvalue weighted by Gasteiger charge is -2.02. The molecule has 19 heavy (non-hydrogen) atoms. The summed E-state index contributed by atoms with van der Waals surface area (Å²) in [5.41, 5.74) is 5.69. The van der Waals surface area contributed by atoms with Gasteiger partial charge in [0.15, 0.2) is 0 Å². The molecule has 0 aromatic heterocycles. The quantitative estimate of drug-likeness (QED) is 0.678. The van der Waals surface area contributed by atoms with Crippen molar-refractivity contribution < 1.29 is 0 Å². The van der Waals surface area contributed by atoms with E-state index in [2.05, 4.69) is 76.2 Å². The highest BCUT2D eigenvalue weighted by molar-refractivity contribution is 5.30. The van der Waals surface area contributed by atoms with Gasteiger partial charge in [0, 0.05) is 0 Å². The van der Waals surface area contributed by atoms with Crippen LogP contribution in [0.5, 0.6) is 0 Å². The first-order chi connectivity index (χ1) is 9.17. The van der Waals surface area contributed by atoms with Crippen LogP contribution < -0.4 is 0 Å². The second kappa shape index (κ2) is 8.53. The standard InChI is InChI=1S/C10H14.C9H12/c1-4-10-7-8(2)5-6-9(10)3;1-2-6-9-7-4-3-5-8-9/h5-7H,4H2,1-3H3;3-5,7-8H,2,6H2,1H3. The SMILES string of the molecule is CCCc1ccccc1.CCc1cc(C)ccc1C. The van der Waals surface area contributed by atoms with Gasteiger partial charge in [-0.25, -0.2) is 0 Å². The number of hydrogen-bond donors (Lipinski definition) is 0. The lowest BCUT2D eigenvalue weighted by atomic mass is 10.0. The van der Waals surface area contributed by atoms with Gasteiger partial charge in [-0.3, -0.25) is 0 Å². The normalized spacial score (nSPS) is 9.68. The summed E-state index contributed by atoms with van der Waals surface area (Å²) in [6.45, 7) is 8.70. The Hall–Kier alpha value is -1.56. The average Bonchev–Trinajstić information content (AvgIpc) is 2.44. The molecule has 0 saturated heterocycles. The summed E-state index contributed by atoms with van der Waals surface area (Å²) >= 11 is 0. The first-order valence-corrected chi connectivity index (χ1v) is 7.27. The first kappa shape index (κ1) is 15.5. The van der Waals surface area contributed by atoms with Gasteiger partial charge in [0.1, 0.15) is 0 Å². The number of aryl methyl sites for hydroxylation is 4. The van der Waals surface area contributed by atoms with Crippen molar-refractivity contribution >= 4 is 0 Å². The summed E-state index contributed by atoms with van der Waals surface area (Å²) in [7, 11) is 0. The minimum Gasteiger partial charge on any atom is -0.0651 e. The maximum atomic E-state index is 2.26. The van der Waals surface area contributed by atoms with Crippen molar-refractivity contribution in [3.8, 4) is 0 Å². The Labute approximate surface area is 118 Å². The van der Waals surface area contributed by atoms with E-state index in [-0.39, 0.29) is 0 Å². The van der Waals surface area contributed by atoms with Crippen molar-refractivity contribution in [2.24, 2.45) is 0 Å². The minimum absolute atomic E-state index is 1.15. The van der Waals surface area contributed by atoms with Crippen LogP contribution in [0.15, 0.2) is 48.5 Å². The molecule has 2 aromatic carbocycles. The largest absolute Gasteiger partial charge is 0.0651 e. The predicted octanol–water partition coefficient (Wildman–Crippen LogP) is 5.50. The Morgan fingerprint density at radius 2 is 1.53 bits per heavy atom. The van der Waals surface area contributed by atoms with E-state index in [4.69, 9.17) is 0 Å². The average molecular weight is 254 g/mol. The highest BCUT2D eigenvalue weighted by Gasteiger charge is 1.93. The zero-order valence-electron chi connectivity index (χ0n) is 12.7. The predicted molar refractivity (Wildman–Crippen MR) is 85.7 cm³/mol. The smallest absolute Gasteiger partial charge is 0.0281 e. The Balaban J connectivity index is 0.000000191. The molecular weight excluding hydrogens is 228 g/mol. The Bertz CT molecular complexity index is 469. The van der Waals surface area contributed by atoms with Gasteiger partial charge in [-0.2, -0.15) is 0 Å². The summed E-state index contributed by atoms with van der Waals surface area (Å²) < 4.78 is 0. The maximum Gasteiger partial charge on any atom is -0.0281 e. The van der Waals surface area contributed by atoms with Crippen LogP contribution in [0.25, 0.3) is 0 Å². The molecule has 0 spiro atoms. The topological polar surface area (TPSA) is 0 Å². The Morgan fingerprint density at radius 3 is 2.05 bits per heavy atom. The third kappa shape index (κ3) is 5.74. The van der Waals surface area contributed by atoms with Gasteiger partial charge in [0.05, 0.1) is 0 Å². The first-order valence-electron chi connectivity index (χ1n) is 7.27. The molecule has 0 atom stereocenters. The molecule has 0 nitrogen and oxygen atoms in total. The molecule has 2 aromatic rings. The molecule has 0 aliphatic rings. The second-order valence-electron chi connectivity index (χ2n) is 5.02. The molecular formula is C19H26. The second-order valence-corrected chi connectivity index (χ2v) is 5.02. The number of benzene rings is 2. The van der Waals surface area contributed by atoms with Crippen molar-refractivity contribution in [3.63, 3.8) is 0 Å². The van der Waals surface area contributed by atoms with Gasteiger partial charge in [-0.1, -0.05) is 74.4 Å². The van der Waals surface area contributed by atoms with E-state index in [0.717, 1.165) is 6.42 Å². The van der Waals surface area contributed by atoms with E-state index in [9.17, 15) is 0 Å². The van der Waals surface area contributed by atoms with Gasteiger partial charge >= 0.3 is 0 Å². The van der Waals surface area contributed by atoms with Crippen LogP contribution in [0.2, 0.25) is 0 Å². The van der Waals surface area contributed by atoms with Crippen molar-refractivity contribution in [2.45, 2.75) is 47.0 Å². The summed E-state index contributed by atoms with van der Waals surface area (Å²) in [5.74, 6) is 0. The van der Waals surface area contributed by atoms with Crippen LogP contribution >= 0.6 is 0 Å². The lowest BCUT2D eigenvalue weighted by Crippen LogP contribution is -1.86. The maximum absolute atomic E-state index is 2.26. The Kier molecular flexibility index (Phi) is 6.95. The molecule has 0 radical (unpaired) electrons. The third-order valence-corrected chi connectivity index (χ3v) is 3.27. The fourth-order valence-corrected chi connectivity index (χ4v) is 2.11. The monoisotopic (exact) mass is 254 g/mol. The van der Waals surface area contributed by atoms with Crippen LogP contribution in [-0.2, 0) is 12.8 Å². The van der Waals surface area contributed by atoms with E-state index in [0.29, 0.717) is 0 Å². The van der Waals surface area contributed by atoms with Crippen LogP contribution in [-0.4, -0.2) is 0 Å². The van der Waals surface area contributed by atoms with Crippen LogP contribution in [0.3, 0.4) is 0 Å². The molecule has 0 amide bonds. The number of hydrogen-bond acceptors (Lipinski definition) is 0. The summed E-state index contributed by atoms with van der Waals surface area (Å²) in [6.07, 6.45) is 3.60. The highest BCUT2D eigenvalue weighted by Crippen LogP contribution is 2.10. The molecule has 0 heterocycles. The molecule has 0 fully saturated rings. The van der Waals surface area contributed by atoms with E-state index in [1.165, 1.54) is 35.1 Å². The molecule has 102 valence electrons. The van der Waals surface area contributed by atoms with E-state index in [1.807, 2.05) is 0 Å². The van der Waals surface area contributed by atoms with Crippen LogP contribution in [0.1, 0.15) is 42.5 Å². The van der Waals surface area contributed by atoms with Gasteiger partial charge in [0.25, 0.3) is 0 Å². The van der Waals surface area contributed by atoms with E-state index < -0.39 is 0 Å². The molecule has 2 rings (SSSR count). The fraction of sp³-hybridized carbons (Fsp3) is 0.368.